The molecule has 21 heavy (non-hydrogen) atoms. The monoisotopic (exact) mass is 287 g/mol. The molecule has 3 rings (SSSR count). The second kappa shape index (κ2) is 4.91. The Morgan fingerprint density at radius 1 is 1.33 bits per heavy atom. The summed E-state index contributed by atoms with van der Waals surface area (Å²) in [7, 11) is 0. The summed E-state index contributed by atoms with van der Waals surface area (Å²) in [6.07, 6.45) is 2.29. The maximum absolute atomic E-state index is 12.4. The van der Waals surface area contributed by atoms with Crippen LogP contribution >= 0.6 is 0 Å². The Morgan fingerprint density at radius 3 is 2.62 bits per heavy atom. The standard InChI is InChI=1S/C16H17NO4/c1-10-11-5-2-3-6-12(11)21-14(10)15(20)17-16(7-4-8-16)9-13(18)19/h2-3,5-6H,4,7-9H2,1H3,(H,17,20)(H,18,19). The highest BCUT2D eigenvalue weighted by atomic mass is 16.4. The lowest BCUT2D eigenvalue weighted by Crippen LogP contribution is -2.54. The number of benzene rings is 1. The number of carboxylic acids is 1. The van der Waals surface area contributed by atoms with E-state index in [0.29, 0.717) is 18.4 Å². The van der Waals surface area contributed by atoms with E-state index in [1.54, 1.807) is 0 Å². The predicted octanol–water partition coefficient (Wildman–Crippen LogP) is 2.87. The maximum Gasteiger partial charge on any atom is 0.305 e. The molecular formula is C16H17NO4. The third kappa shape index (κ3) is 2.39. The lowest BCUT2D eigenvalue weighted by molar-refractivity contribution is -0.139. The van der Waals surface area contributed by atoms with E-state index in [4.69, 9.17) is 9.52 Å². The number of para-hydroxylation sites is 1. The first-order valence-electron chi connectivity index (χ1n) is 7.03. The van der Waals surface area contributed by atoms with Crippen molar-refractivity contribution in [2.75, 3.05) is 0 Å². The maximum atomic E-state index is 12.4. The summed E-state index contributed by atoms with van der Waals surface area (Å²) in [6, 6.07) is 7.46. The van der Waals surface area contributed by atoms with Gasteiger partial charge in [0.1, 0.15) is 5.58 Å². The van der Waals surface area contributed by atoms with E-state index < -0.39 is 11.5 Å². The zero-order chi connectivity index (χ0) is 15.0. The van der Waals surface area contributed by atoms with Gasteiger partial charge in [-0.05, 0) is 32.3 Å². The number of aliphatic carboxylic acids is 1. The van der Waals surface area contributed by atoms with E-state index in [-0.39, 0.29) is 18.1 Å². The van der Waals surface area contributed by atoms with E-state index in [0.717, 1.165) is 17.4 Å². The number of carboxylic acid groups (broad SMARTS) is 1. The minimum atomic E-state index is -0.892. The van der Waals surface area contributed by atoms with Gasteiger partial charge in [-0.1, -0.05) is 18.2 Å². The predicted molar refractivity (Wildman–Crippen MR) is 77.3 cm³/mol. The Morgan fingerprint density at radius 2 is 2.05 bits per heavy atom. The summed E-state index contributed by atoms with van der Waals surface area (Å²) >= 11 is 0. The molecule has 1 aliphatic carbocycles. The van der Waals surface area contributed by atoms with Gasteiger partial charge in [0.15, 0.2) is 5.76 Å². The van der Waals surface area contributed by atoms with Gasteiger partial charge in [0, 0.05) is 10.9 Å². The molecule has 1 heterocycles. The van der Waals surface area contributed by atoms with Crippen LogP contribution < -0.4 is 5.32 Å². The van der Waals surface area contributed by atoms with Crippen molar-refractivity contribution < 1.29 is 19.1 Å². The number of hydrogen-bond donors (Lipinski definition) is 2. The molecule has 0 bridgehead atoms. The summed E-state index contributed by atoms with van der Waals surface area (Å²) in [5, 5.41) is 12.8. The van der Waals surface area contributed by atoms with Crippen molar-refractivity contribution in [3.05, 3.63) is 35.6 Å². The molecule has 0 spiro atoms. The Kier molecular flexibility index (Phi) is 3.20. The Bertz CT molecular complexity index is 712. The smallest absolute Gasteiger partial charge is 0.305 e. The zero-order valence-electron chi connectivity index (χ0n) is 11.8. The lowest BCUT2D eigenvalue weighted by Gasteiger charge is -2.41. The fraction of sp³-hybridized carbons (Fsp3) is 0.375. The average Bonchev–Trinajstić information content (AvgIpc) is 2.74. The molecule has 1 fully saturated rings. The van der Waals surface area contributed by atoms with Gasteiger partial charge in [0.25, 0.3) is 5.91 Å². The molecule has 0 atom stereocenters. The highest BCUT2D eigenvalue weighted by Crippen LogP contribution is 2.35. The number of carbonyl (C=O) groups is 2. The van der Waals surface area contributed by atoms with Crippen molar-refractivity contribution in [1.82, 2.24) is 5.32 Å². The van der Waals surface area contributed by atoms with E-state index in [2.05, 4.69) is 5.32 Å². The van der Waals surface area contributed by atoms with Crippen LogP contribution in [-0.4, -0.2) is 22.5 Å². The first kappa shape index (κ1) is 13.7. The molecule has 110 valence electrons. The SMILES string of the molecule is Cc1c(C(=O)NC2(CC(=O)O)CCC2)oc2ccccc12. The van der Waals surface area contributed by atoms with Crippen LogP contribution in [0.4, 0.5) is 0 Å². The third-order valence-corrected chi connectivity index (χ3v) is 4.23. The van der Waals surface area contributed by atoms with Crippen molar-refractivity contribution >= 4 is 22.8 Å². The highest BCUT2D eigenvalue weighted by molar-refractivity contribution is 5.99. The normalized spacial score (nSPS) is 16.4. The molecule has 5 heteroatoms. The van der Waals surface area contributed by atoms with Gasteiger partial charge in [-0.3, -0.25) is 9.59 Å². The van der Waals surface area contributed by atoms with Crippen LogP contribution in [0.5, 0.6) is 0 Å². The molecule has 2 N–H and O–H groups in total. The van der Waals surface area contributed by atoms with E-state index in [1.165, 1.54) is 0 Å². The number of fused-ring (bicyclic) bond motifs is 1. The van der Waals surface area contributed by atoms with Crippen LogP contribution in [0.3, 0.4) is 0 Å². The number of nitrogens with one attached hydrogen (secondary N) is 1. The van der Waals surface area contributed by atoms with Crippen LogP contribution in [0.25, 0.3) is 11.0 Å². The molecule has 2 aromatic rings. The van der Waals surface area contributed by atoms with E-state index >= 15 is 0 Å². The molecule has 0 saturated heterocycles. The molecule has 1 saturated carbocycles. The molecule has 0 aliphatic heterocycles. The first-order valence-corrected chi connectivity index (χ1v) is 7.03. The summed E-state index contributed by atoms with van der Waals surface area (Å²) in [5.74, 6) is -0.950. The second-order valence-electron chi connectivity index (χ2n) is 5.71. The molecule has 1 aromatic heterocycles. The van der Waals surface area contributed by atoms with Gasteiger partial charge in [-0.2, -0.15) is 0 Å². The molecular weight excluding hydrogens is 270 g/mol. The fourth-order valence-corrected chi connectivity index (χ4v) is 2.93. The summed E-state index contributed by atoms with van der Waals surface area (Å²) < 4.78 is 5.62. The summed E-state index contributed by atoms with van der Waals surface area (Å²) in [5.41, 5.74) is 0.836. The van der Waals surface area contributed by atoms with Crippen molar-refractivity contribution in [2.45, 2.75) is 38.1 Å². The minimum absolute atomic E-state index is 0.0436. The molecule has 0 radical (unpaired) electrons. The Balaban J connectivity index is 1.87. The number of hydrogen-bond acceptors (Lipinski definition) is 3. The second-order valence-corrected chi connectivity index (χ2v) is 5.71. The first-order chi connectivity index (χ1) is 10.0. The van der Waals surface area contributed by atoms with Crippen molar-refractivity contribution in [3.8, 4) is 0 Å². The number of furan rings is 1. The zero-order valence-corrected chi connectivity index (χ0v) is 11.8. The largest absolute Gasteiger partial charge is 0.481 e. The van der Waals surface area contributed by atoms with Gasteiger partial charge in [0.2, 0.25) is 0 Å². The molecule has 1 aliphatic rings. The number of carbonyl (C=O) groups excluding carboxylic acids is 1. The van der Waals surface area contributed by atoms with Gasteiger partial charge >= 0.3 is 5.97 Å². The minimum Gasteiger partial charge on any atom is -0.481 e. The van der Waals surface area contributed by atoms with Gasteiger partial charge in [-0.15, -0.1) is 0 Å². The van der Waals surface area contributed by atoms with Crippen LogP contribution in [0.1, 0.15) is 41.8 Å². The topological polar surface area (TPSA) is 79.5 Å². The Hall–Kier alpha value is -2.30. The van der Waals surface area contributed by atoms with Crippen LogP contribution in [0.15, 0.2) is 28.7 Å². The van der Waals surface area contributed by atoms with Crippen molar-refractivity contribution in [2.24, 2.45) is 0 Å². The fourth-order valence-electron chi connectivity index (χ4n) is 2.93. The molecule has 1 amide bonds. The Labute approximate surface area is 121 Å². The quantitative estimate of drug-likeness (QED) is 0.906. The van der Waals surface area contributed by atoms with Crippen LogP contribution in [-0.2, 0) is 4.79 Å². The lowest BCUT2D eigenvalue weighted by atomic mass is 9.74. The molecule has 5 nitrogen and oxygen atoms in total. The van der Waals surface area contributed by atoms with Crippen molar-refractivity contribution in [1.29, 1.82) is 0 Å². The molecule has 1 aromatic carbocycles. The summed E-state index contributed by atoms with van der Waals surface area (Å²) in [6.45, 7) is 1.84. The van der Waals surface area contributed by atoms with Crippen LogP contribution in [0.2, 0.25) is 0 Å². The van der Waals surface area contributed by atoms with Gasteiger partial charge in [0.05, 0.1) is 12.0 Å². The van der Waals surface area contributed by atoms with E-state index in [9.17, 15) is 9.59 Å². The number of aryl methyl sites for hydroxylation is 1. The van der Waals surface area contributed by atoms with Gasteiger partial charge in [-0.25, -0.2) is 0 Å². The average molecular weight is 287 g/mol. The van der Waals surface area contributed by atoms with Crippen LogP contribution in [0, 0.1) is 6.92 Å². The summed E-state index contributed by atoms with van der Waals surface area (Å²) in [4.78, 5) is 23.4. The van der Waals surface area contributed by atoms with E-state index in [1.807, 2.05) is 31.2 Å². The van der Waals surface area contributed by atoms with Gasteiger partial charge < -0.3 is 14.8 Å². The van der Waals surface area contributed by atoms with Crippen molar-refractivity contribution in [3.63, 3.8) is 0 Å². The molecule has 0 unspecified atom stereocenters. The number of rotatable bonds is 4. The number of amides is 1. The third-order valence-electron chi connectivity index (χ3n) is 4.23. The highest BCUT2D eigenvalue weighted by Gasteiger charge is 2.41.